The van der Waals surface area contributed by atoms with E-state index in [1.807, 2.05) is 18.8 Å². The van der Waals surface area contributed by atoms with Gasteiger partial charge in [0.2, 0.25) is 5.91 Å². The van der Waals surface area contributed by atoms with Crippen LogP contribution in [0.5, 0.6) is 0 Å². The van der Waals surface area contributed by atoms with E-state index in [0.29, 0.717) is 12.3 Å². The second-order valence-corrected chi connectivity index (χ2v) is 6.28. The van der Waals surface area contributed by atoms with Gasteiger partial charge in [0.15, 0.2) is 5.96 Å². The number of piperidine rings is 1. The summed E-state index contributed by atoms with van der Waals surface area (Å²) in [6.07, 6.45) is 7.21. The molecule has 1 saturated heterocycles. The summed E-state index contributed by atoms with van der Waals surface area (Å²) >= 11 is 1.89. The van der Waals surface area contributed by atoms with Gasteiger partial charge in [0.05, 0.1) is 0 Å². The average Bonchev–Trinajstić information content (AvgIpc) is 2.42. The number of thioether (sulfide) groups is 1. The molecule has 0 saturated carbocycles. The van der Waals surface area contributed by atoms with Crippen LogP contribution in [-0.2, 0) is 4.79 Å². The largest absolute Gasteiger partial charge is 0.370 e. The molecule has 1 atom stereocenters. The lowest BCUT2D eigenvalue weighted by Crippen LogP contribution is -2.47. The summed E-state index contributed by atoms with van der Waals surface area (Å²) in [5.74, 6) is 2.35. The average molecular weight is 428 g/mol. The van der Waals surface area contributed by atoms with Crippen LogP contribution < -0.4 is 11.1 Å². The number of aliphatic imine (C=N–C) groups is 1. The van der Waals surface area contributed by atoms with Crippen molar-refractivity contribution in [1.82, 2.24) is 10.2 Å². The molecule has 0 radical (unpaired) electrons. The highest BCUT2D eigenvalue weighted by Crippen LogP contribution is 2.19. The van der Waals surface area contributed by atoms with Crippen molar-refractivity contribution in [2.75, 3.05) is 38.7 Å². The summed E-state index contributed by atoms with van der Waals surface area (Å²) in [7, 11) is 1.82. The maximum Gasteiger partial charge on any atom is 0.217 e. The highest BCUT2D eigenvalue weighted by molar-refractivity contribution is 14.0. The van der Waals surface area contributed by atoms with Gasteiger partial charge in [-0.15, -0.1) is 24.0 Å². The Kier molecular flexibility index (Phi) is 12.3. The molecular weight excluding hydrogens is 399 g/mol. The third kappa shape index (κ3) is 8.75. The molecule has 7 heteroatoms. The van der Waals surface area contributed by atoms with Crippen LogP contribution in [0.15, 0.2) is 4.99 Å². The molecule has 21 heavy (non-hydrogen) atoms. The number of hydrogen-bond donors (Lipinski definition) is 2. The Balaban J connectivity index is 0.00000400. The SMILES string of the molecule is CN=C(NCCCCSC)N1CCCC(CC(N)=O)C1.I. The topological polar surface area (TPSA) is 70.7 Å². The van der Waals surface area contributed by atoms with Crippen LogP contribution in [0.25, 0.3) is 0 Å². The number of halogens is 1. The molecule has 1 amide bonds. The van der Waals surface area contributed by atoms with Crippen molar-refractivity contribution in [3.63, 3.8) is 0 Å². The minimum atomic E-state index is -0.197. The summed E-state index contributed by atoms with van der Waals surface area (Å²) in [5.41, 5.74) is 5.30. The standard InChI is InChI=1S/C14H28N4OS.HI/c1-16-14(17-7-3-4-9-20-2)18-8-5-6-12(11-18)10-13(15)19;/h12H,3-11H2,1-2H3,(H2,15,19)(H,16,17);1H. The van der Waals surface area contributed by atoms with Crippen molar-refractivity contribution in [3.05, 3.63) is 0 Å². The number of amides is 1. The van der Waals surface area contributed by atoms with Crippen LogP contribution in [0.2, 0.25) is 0 Å². The third-order valence-electron chi connectivity index (χ3n) is 3.58. The van der Waals surface area contributed by atoms with E-state index >= 15 is 0 Å². The third-order valence-corrected chi connectivity index (χ3v) is 4.28. The van der Waals surface area contributed by atoms with Gasteiger partial charge in [0, 0.05) is 33.1 Å². The number of guanidine groups is 1. The summed E-state index contributed by atoms with van der Waals surface area (Å²) in [6.45, 7) is 2.86. The number of nitrogens with one attached hydrogen (secondary N) is 1. The van der Waals surface area contributed by atoms with Crippen molar-refractivity contribution in [2.24, 2.45) is 16.6 Å². The van der Waals surface area contributed by atoms with E-state index in [1.54, 1.807) is 0 Å². The van der Waals surface area contributed by atoms with Crippen molar-refractivity contribution < 1.29 is 4.79 Å². The first kappa shape index (κ1) is 20.8. The molecule has 1 aliphatic rings. The smallest absolute Gasteiger partial charge is 0.217 e. The number of nitrogens with zero attached hydrogens (tertiary/aromatic N) is 2. The van der Waals surface area contributed by atoms with Gasteiger partial charge in [0.1, 0.15) is 0 Å². The zero-order valence-electron chi connectivity index (χ0n) is 13.1. The number of primary amides is 1. The second kappa shape index (κ2) is 12.4. The van der Waals surface area contributed by atoms with E-state index in [1.165, 1.54) is 18.6 Å². The molecule has 0 aromatic carbocycles. The van der Waals surface area contributed by atoms with Gasteiger partial charge in [-0.25, -0.2) is 0 Å². The Morgan fingerprint density at radius 3 is 2.86 bits per heavy atom. The van der Waals surface area contributed by atoms with Gasteiger partial charge >= 0.3 is 0 Å². The zero-order valence-corrected chi connectivity index (χ0v) is 16.3. The molecule has 1 heterocycles. The molecule has 1 aliphatic heterocycles. The maximum absolute atomic E-state index is 11.0. The van der Waals surface area contributed by atoms with E-state index in [4.69, 9.17) is 5.73 Å². The first-order valence-electron chi connectivity index (χ1n) is 7.40. The van der Waals surface area contributed by atoms with Crippen LogP contribution in [0.1, 0.15) is 32.1 Å². The van der Waals surface area contributed by atoms with Crippen molar-refractivity contribution in [1.29, 1.82) is 0 Å². The number of hydrogen-bond acceptors (Lipinski definition) is 3. The number of rotatable bonds is 7. The molecule has 1 unspecified atom stereocenters. The number of carbonyl (C=O) groups is 1. The number of likely N-dealkylation sites (tertiary alicyclic amines) is 1. The first-order valence-corrected chi connectivity index (χ1v) is 8.79. The molecule has 0 spiro atoms. The van der Waals surface area contributed by atoms with E-state index < -0.39 is 0 Å². The minimum absolute atomic E-state index is 0. The first-order chi connectivity index (χ1) is 9.67. The van der Waals surface area contributed by atoms with Gasteiger partial charge in [0.25, 0.3) is 0 Å². The lowest BCUT2D eigenvalue weighted by atomic mass is 9.95. The molecule has 1 rings (SSSR count). The fourth-order valence-corrected chi connectivity index (χ4v) is 3.11. The van der Waals surface area contributed by atoms with Crippen LogP contribution >= 0.6 is 35.7 Å². The van der Waals surface area contributed by atoms with E-state index in [2.05, 4.69) is 21.5 Å². The second-order valence-electron chi connectivity index (χ2n) is 5.30. The predicted octanol–water partition coefficient (Wildman–Crippen LogP) is 1.91. The lowest BCUT2D eigenvalue weighted by molar-refractivity contribution is -0.119. The molecule has 0 aromatic heterocycles. The Hall–Kier alpha value is -0.180. The highest BCUT2D eigenvalue weighted by Gasteiger charge is 2.23. The highest BCUT2D eigenvalue weighted by atomic mass is 127. The predicted molar refractivity (Wildman–Crippen MR) is 103 cm³/mol. The van der Waals surface area contributed by atoms with Crippen molar-refractivity contribution in [3.8, 4) is 0 Å². The quantitative estimate of drug-likeness (QED) is 0.281. The fourth-order valence-electron chi connectivity index (χ4n) is 2.61. The Labute approximate surface area is 149 Å². The summed E-state index contributed by atoms with van der Waals surface area (Å²) < 4.78 is 0. The van der Waals surface area contributed by atoms with Gasteiger partial charge in [-0.2, -0.15) is 11.8 Å². The molecule has 1 fully saturated rings. The zero-order chi connectivity index (χ0) is 14.8. The van der Waals surface area contributed by atoms with Gasteiger partial charge in [-0.1, -0.05) is 0 Å². The summed E-state index contributed by atoms with van der Waals surface area (Å²) in [5, 5.41) is 3.42. The minimum Gasteiger partial charge on any atom is -0.370 e. The van der Waals surface area contributed by atoms with E-state index in [0.717, 1.165) is 38.4 Å². The number of carbonyl (C=O) groups excluding carboxylic acids is 1. The van der Waals surface area contributed by atoms with Crippen LogP contribution in [0.3, 0.4) is 0 Å². The van der Waals surface area contributed by atoms with Crippen LogP contribution in [0, 0.1) is 5.92 Å². The number of unbranched alkanes of at least 4 members (excludes halogenated alkanes) is 1. The van der Waals surface area contributed by atoms with E-state index in [-0.39, 0.29) is 29.9 Å². The van der Waals surface area contributed by atoms with Crippen LogP contribution in [-0.4, -0.2) is 55.5 Å². The molecule has 5 nitrogen and oxygen atoms in total. The Bertz CT molecular complexity index is 328. The van der Waals surface area contributed by atoms with Gasteiger partial charge in [-0.05, 0) is 43.6 Å². The van der Waals surface area contributed by atoms with Gasteiger partial charge in [-0.3, -0.25) is 9.79 Å². The molecule has 124 valence electrons. The number of nitrogens with two attached hydrogens (primary N) is 1. The van der Waals surface area contributed by atoms with Gasteiger partial charge < -0.3 is 16.0 Å². The summed E-state index contributed by atoms with van der Waals surface area (Å²) in [4.78, 5) is 17.7. The maximum atomic E-state index is 11.0. The normalized spacial score (nSPS) is 19.0. The summed E-state index contributed by atoms with van der Waals surface area (Å²) in [6, 6.07) is 0. The molecular formula is C14H29IN4OS. The Morgan fingerprint density at radius 2 is 2.24 bits per heavy atom. The molecule has 0 bridgehead atoms. The van der Waals surface area contributed by atoms with Crippen molar-refractivity contribution >= 4 is 47.6 Å². The van der Waals surface area contributed by atoms with Crippen LogP contribution in [0.4, 0.5) is 0 Å². The monoisotopic (exact) mass is 428 g/mol. The molecule has 0 aromatic rings. The molecule has 3 N–H and O–H groups in total. The fraction of sp³-hybridized carbons (Fsp3) is 0.857. The van der Waals surface area contributed by atoms with Crippen molar-refractivity contribution in [2.45, 2.75) is 32.1 Å². The Morgan fingerprint density at radius 1 is 1.48 bits per heavy atom. The lowest BCUT2D eigenvalue weighted by Gasteiger charge is -2.34. The molecule has 0 aliphatic carbocycles. The van der Waals surface area contributed by atoms with E-state index in [9.17, 15) is 4.79 Å².